The Balaban J connectivity index is 1.57. The van der Waals surface area contributed by atoms with Crippen LogP contribution in [0.1, 0.15) is 43.2 Å². The lowest BCUT2D eigenvalue weighted by Crippen LogP contribution is -2.10. The minimum Gasteiger partial charge on any atom is -0.350 e. The van der Waals surface area contributed by atoms with E-state index in [9.17, 15) is 0 Å². The SMILES string of the molecule is CC(C)(C)c1ccc(CCc2ccnc(NCc3ccccc3)n2)cc1. The van der Waals surface area contributed by atoms with Gasteiger partial charge in [0.2, 0.25) is 5.95 Å². The molecule has 0 radical (unpaired) electrons. The molecule has 2 aromatic carbocycles. The number of benzene rings is 2. The molecule has 0 amide bonds. The zero-order valence-corrected chi connectivity index (χ0v) is 15.9. The predicted octanol–water partition coefficient (Wildman–Crippen LogP) is 5.17. The summed E-state index contributed by atoms with van der Waals surface area (Å²) in [5, 5.41) is 3.30. The molecule has 1 aromatic heterocycles. The summed E-state index contributed by atoms with van der Waals surface area (Å²) in [5.74, 6) is 0.689. The fourth-order valence-corrected chi connectivity index (χ4v) is 2.84. The highest BCUT2D eigenvalue weighted by atomic mass is 15.1. The summed E-state index contributed by atoms with van der Waals surface area (Å²) in [6, 6.07) is 21.2. The van der Waals surface area contributed by atoms with Gasteiger partial charge in [-0.05, 0) is 41.0 Å². The van der Waals surface area contributed by atoms with Gasteiger partial charge in [0.15, 0.2) is 0 Å². The predicted molar refractivity (Wildman–Crippen MR) is 108 cm³/mol. The Hall–Kier alpha value is -2.68. The third-order valence-electron chi connectivity index (χ3n) is 4.50. The average Bonchev–Trinajstić information content (AvgIpc) is 2.66. The van der Waals surface area contributed by atoms with E-state index in [1.54, 1.807) is 0 Å². The first-order valence-electron chi connectivity index (χ1n) is 9.20. The minimum atomic E-state index is 0.199. The van der Waals surface area contributed by atoms with Crippen molar-refractivity contribution in [3.63, 3.8) is 0 Å². The molecule has 3 aromatic rings. The van der Waals surface area contributed by atoms with Crippen molar-refractivity contribution in [3.8, 4) is 0 Å². The van der Waals surface area contributed by atoms with E-state index in [4.69, 9.17) is 0 Å². The third-order valence-corrected chi connectivity index (χ3v) is 4.50. The molecule has 0 saturated carbocycles. The normalized spacial score (nSPS) is 11.3. The Morgan fingerprint density at radius 3 is 2.23 bits per heavy atom. The van der Waals surface area contributed by atoms with Crippen LogP contribution in [0.5, 0.6) is 0 Å². The topological polar surface area (TPSA) is 37.8 Å². The molecule has 0 aliphatic rings. The summed E-state index contributed by atoms with van der Waals surface area (Å²) < 4.78 is 0. The first-order chi connectivity index (χ1) is 12.5. The molecule has 0 fully saturated rings. The number of aryl methyl sites for hydroxylation is 2. The van der Waals surface area contributed by atoms with Crippen LogP contribution in [-0.4, -0.2) is 9.97 Å². The van der Waals surface area contributed by atoms with Gasteiger partial charge in [0.1, 0.15) is 0 Å². The van der Waals surface area contributed by atoms with Crippen molar-refractivity contribution in [1.29, 1.82) is 0 Å². The van der Waals surface area contributed by atoms with Crippen molar-refractivity contribution >= 4 is 5.95 Å². The molecule has 0 saturated heterocycles. The fourth-order valence-electron chi connectivity index (χ4n) is 2.84. The molecular weight excluding hydrogens is 318 g/mol. The summed E-state index contributed by atoms with van der Waals surface area (Å²) in [6.45, 7) is 7.46. The van der Waals surface area contributed by atoms with Gasteiger partial charge in [0.05, 0.1) is 0 Å². The van der Waals surface area contributed by atoms with Crippen LogP contribution in [0, 0.1) is 0 Å². The van der Waals surface area contributed by atoms with Crippen molar-refractivity contribution in [2.75, 3.05) is 5.32 Å². The summed E-state index contributed by atoms with van der Waals surface area (Å²) in [7, 11) is 0. The monoisotopic (exact) mass is 345 g/mol. The van der Waals surface area contributed by atoms with E-state index in [2.05, 4.69) is 72.5 Å². The number of hydrogen-bond acceptors (Lipinski definition) is 3. The highest BCUT2D eigenvalue weighted by molar-refractivity contribution is 5.30. The third kappa shape index (κ3) is 5.16. The second-order valence-electron chi connectivity index (χ2n) is 7.66. The lowest BCUT2D eigenvalue weighted by Gasteiger charge is -2.19. The van der Waals surface area contributed by atoms with E-state index in [-0.39, 0.29) is 5.41 Å². The molecule has 3 nitrogen and oxygen atoms in total. The maximum absolute atomic E-state index is 4.64. The Bertz CT molecular complexity index is 818. The summed E-state index contributed by atoms with van der Waals surface area (Å²) in [6.07, 6.45) is 3.73. The van der Waals surface area contributed by atoms with Gasteiger partial charge in [-0.2, -0.15) is 0 Å². The zero-order valence-electron chi connectivity index (χ0n) is 15.9. The summed E-state index contributed by atoms with van der Waals surface area (Å²) in [5.41, 5.74) is 5.20. The lowest BCUT2D eigenvalue weighted by atomic mass is 9.86. The molecule has 0 bridgehead atoms. The highest BCUT2D eigenvalue weighted by Crippen LogP contribution is 2.22. The van der Waals surface area contributed by atoms with Crippen molar-refractivity contribution in [3.05, 3.63) is 89.2 Å². The van der Waals surface area contributed by atoms with Crippen LogP contribution in [0.15, 0.2) is 66.9 Å². The van der Waals surface area contributed by atoms with Gasteiger partial charge in [0, 0.05) is 18.4 Å². The number of hydrogen-bond donors (Lipinski definition) is 1. The number of anilines is 1. The van der Waals surface area contributed by atoms with Crippen LogP contribution >= 0.6 is 0 Å². The second-order valence-corrected chi connectivity index (χ2v) is 7.66. The van der Waals surface area contributed by atoms with Gasteiger partial charge in [-0.25, -0.2) is 9.97 Å². The van der Waals surface area contributed by atoms with Crippen LogP contribution in [-0.2, 0) is 24.8 Å². The standard InChI is InChI=1S/C23H27N3/c1-23(2,3)20-12-9-18(10-13-20)11-14-21-15-16-24-22(26-21)25-17-19-7-5-4-6-8-19/h4-10,12-13,15-16H,11,14,17H2,1-3H3,(H,24,25,26). The number of nitrogens with zero attached hydrogens (tertiary/aromatic N) is 2. The van der Waals surface area contributed by atoms with Crippen LogP contribution in [0.25, 0.3) is 0 Å². The first kappa shape index (κ1) is 18.1. The van der Waals surface area contributed by atoms with Gasteiger partial charge in [-0.15, -0.1) is 0 Å². The molecular formula is C23H27N3. The molecule has 3 heteroatoms. The van der Waals surface area contributed by atoms with Gasteiger partial charge in [-0.3, -0.25) is 0 Å². The van der Waals surface area contributed by atoms with Gasteiger partial charge >= 0.3 is 0 Å². The Morgan fingerprint density at radius 1 is 0.808 bits per heavy atom. The van der Waals surface area contributed by atoms with E-state index in [1.807, 2.05) is 30.5 Å². The van der Waals surface area contributed by atoms with E-state index in [1.165, 1.54) is 16.7 Å². The zero-order chi connectivity index (χ0) is 18.4. The molecule has 0 aliphatic carbocycles. The molecule has 0 spiro atoms. The van der Waals surface area contributed by atoms with E-state index < -0.39 is 0 Å². The van der Waals surface area contributed by atoms with Crippen molar-refractivity contribution in [2.24, 2.45) is 0 Å². The highest BCUT2D eigenvalue weighted by Gasteiger charge is 2.12. The molecule has 3 rings (SSSR count). The second kappa shape index (κ2) is 8.13. The number of aromatic nitrogens is 2. The van der Waals surface area contributed by atoms with Crippen molar-refractivity contribution < 1.29 is 0 Å². The first-order valence-corrected chi connectivity index (χ1v) is 9.20. The molecule has 1 N–H and O–H groups in total. The van der Waals surface area contributed by atoms with E-state index in [0.717, 1.165) is 25.1 Å². The molecule has 26 heavy (non-hydrogen) atoms. The van der Waals surface area contributed by atoms with Crippen LogP contribution < -0.4 is 5.32 Å². The van der Waals surface area contributed by atoms with Crippen LogP contribution in [0.2, 0.25) is 0 Å². The molecule has 1 heterocycles. The van der Waals surface area contributed by atoms with Crippen LogP contribution in [0.4, 0.5) is 5.95 Å². The fraction of sp³-hybridized carbons (Fsp3) is 0.304. The molecule has 134 valence electrons. The maximum atomic E-state index is 4.64. The Morgan fingerprint density at radius 2 is 1.54 bits per heavy atom. The van der Waals surface area contributed by atoms with Gasteiger partial charge in [0.25, 0.3) is 0 Å². The Kier molecular flexibility index (Phi) is 5.67. The summed E-state index contributed by atoms with van der Waals surface area (Å²) in [4.78, 5) is 8.96. The van der Waals surface area contributed by atoms with E-state index >= 15 is 0 Å². The largest absolute Gasteiger partial charge is 0.350 e. The van der Waals surface area contributed by atoms with Gasteiger partial charge in [-0.1, -0.05) is 75.4 Å². The Labute approximate surface area is 156 Å². The average molecular weight is 345 g/mol. The molecule has 0 aliphatic heterocycles. The maximum Gasteiger partial charge on any atom is 0.223 e. The lowest BCUT2D eigenvalue weighted by molar-refractivity contribution is 0.590. The smallest absolute Gasteiger partial charge is 0.223 e. The van der Waals surface area contributed by atoms with Crippen molar-refractivity contribution in [2.45, 2.75) is 45.6 Å². The molecule has 0 unspecified atom stereocenters. The quantitative estimate of drug-likeness (QED) is 0.669. The van der Waals surface area contributed by atoms with Crippen molar-refractivity contribution in [1.82, 2.24) is 9.97 Å². The number of nitrogens with one attached hydrogen (secondary N) is 1. The van der Waals surface area contributed by atoms with Crippen LogP contribution in [0.3, 0.4) is 0 Å². The number of rotatable bonds is 6. The van der Waals surface area contributed by atoms with E-state index in [0.29, 0.717) is 5.95 Å². The molecule has 0 atom stereocenters. The summed E-state index contributed by atoms with van der Waals surface area (Å²) >= 11 is 0. The van der Waals surface area contributed by atoms with Gasteiger partial charge < -0.3 is 5.32 Å². The minimum absolute atomic E-state index is 0.199.